The van der Waals surface area contributed by atoms with Gasteiger partial charge in [-0.25, -0.2) is 13.1 Å². The molecule has 0 spiro atoms. The van der Waals surface area contributed by atoms with E-state index in [0.717, 1.165) is 19.3 Å². The SMILES string of the molecule is CCCCC(CN)NS(=O)(=O)c1c(C)n[nH]c1C.Cl. The Morgan fingerprint density at radius 1 is 1.42 bits per heavy atom. The highest BCUT2D eigenvalue weighted by Gasteiger charge is 2.24. The Balaban J connectivity index is 0.00000324. The van der Waals surface area contributed by atoms with Gasteiger partial charge in [0.1, 0.15) is 4.90 Å². The van der Waals surface area contributed by atoms with Gasteiger partial charge in [0, 0.05) is 12.6 Å². The van der Waals surface area contributed by atoms with Crippen LogP contribution < -0.4 is 10.5 Å². The zero-order chi connectivity index (χ0) is 13.8. The zero-order valence-corrected chi connectivity index (χ0v) is 13.2. The van der Waals surface area contributed by atoms with E-state index in [9.17, 15) is 8.42 Å². The molecule has 1 aromatic rings. The fraction of sp³-hybridized carbons (Fsp3) is 0.727. The van der Waals surface area contributed by atoms with Crippen LogP contribution in [0.25, 0.3) is 0 Å². The molecule has 1 unspecified atom stereocenters. The third kappa shape index (κ3) is 4.76. The molecular weight excluding hydrogens is 288 g/mol. The second-order valence-corrected chi connectivity index (χ2v) is 6.11. The molecule has 1 aromatic heterocycles. The first-order valence-electron chi connectivity index (χ1n) is 6.16. The van der Waals surface area contributed by atoms with E-state index in [1.165, 1.54) is 0 Å². The minimum atomic E-state index is -3.54. The van der Waals surface area contributed by atoms with Crippen molar-refractivity contribution in [2.45, 2.75) is 51.0 Å². The first-order chi connectivity index (χ1) is 8.42. The predicted octanol–water partition coefficient (Wildman–Crippen LogP) is 1.24. The summed E-state index contributed by atoms with van der Waals surface area (Å²) in [6, 6.07) is -0.219. The molecule has 0 saturated carbocycles. The van der Waals surface area contributed by atoms with Crippen molar-refractivity contribution in [3.63, 3.8) is 0 Å². The molecule has 6 nitrogen and oxygen atoms in total. The lowest BCUT2D eigenvalue weighted by atomic mass is 10.1. The van der Waals surface area contributed by atoms with E-state index >= 15 is 0 Å². The summed E-state index contributed by atoms with van der Waals surface area (Å²) in [5, 5.41) is 6.58. The van der Waals surface area contributed by atoms with E-state index in [-0.39, 0.29) is 23.3 Å². The molecule has 0 amide bonds. The molecule has 1 rings (SSSR count). The van der Waals surface area contributed by atoms with Crippen molar-refractivity contribution in [1.82, 2.24) is 14.9 Å². The van der Waals surface area contributed by atoms with Crippen LogP contribution in [-0.2, 0) is 10.0 Å². The van der Waals surface area contributed by atoms with E-state index in [2.05, 4.69) is 21.8 Å². The summed E-state index contributed by atoms with van der Waals surface area (Å²) in [5.41, 5.74) is 6.63. The van der Waals surface area contributed by atoms with Gasteiger partial charge in [0.2, 0.25) is 10.0 Å². The monoisotopic (exact) mass is 310 g/mol. The highest BCUT2D eigenvalue weighted by atomic mass is 35.5. The molecule has 0 radical (unpaired) electrons. The largest absolute Gasteiger partial charge is 0.329 e. The second-order valence-electron chi connectivity index (χ2n) is 4.46. The van der Waals surface area contributed by atoms with Crippen LogP contribution in [0.15, 0.2) is 4.90 Å². The van der Waals surface area contributed by atoms with Gasteiger partial charge in [-0.3, -0.25) is 5.10 Å². The molecule has 19 heavy (non-hydrogen) atoms. The first-order valence-corrected chi connectivity index (χ1v) is 7.64. The molecule has 0 saturated heterocycles. The van der Waals surface area contributed by atoms with Crippen molar-refractivity contribution in [3.8, 4) is 0 Å². The summed E-state index contributed by atoms with van der Waals surface area (Å²) in [6.07, 6.45) is 2.72. The van der Waals surface area contributed by atoms with Gasteiger partial charge in [0.25, 0.3) is 0 Å². The maximum atomic E-state index is 12.2. The standard InChI is InChI=1S/C11H22N4O2S.ClH/c1-4-5-6-10(7-12)15-18(16,17)11-8(2)13-14-9(11)3;/h10,15H,4-7,12H2,1-3H3,(H,13,14);1H. The smallest absolute Gasteiger partial charge is 0.244 e. The maximum Gasteiger partial charge on any atom is 0.244 e. The van der Waals surface area contributed by atoms with E-state index in [1.54, 1.807) is 13.8 Å². The molecule has 112 valence electrons. The molecule has 0 bridgehead atoms. The lowest BCUT2D eigenvalue weighted by Crippen LogP contribution is -2.40. The van der Waals surface area contributed by atoms with Gasteiger partial charge in [-0.2, -0.15) is 5.10 Å². The third-order valence-electron chi connectivity index (χ3n) is 2.84. The molecule has 0 aromatic carbocycles. The van der Waals surface area contributed by atoms with Crippen molar-refractivity contribution in [1.29, 1.82) is 0 Å². The van der Waals surface area contributed by atoms with Gasteiger partial charge in [0.15, 0.2) is 0 Å². The number of aromatic amines is 1. The maximum absolute atomic E-state index is 12.2. The van der Waals surface area contributed by atoms with Gasteiger partial charge in [-0.05, 0) is 20.3 Å². The van der Waals surface area contributed by atoms with Crippen molar-refractivity contribution in [3.05, 3.63) is 11.4 Å². The number of rotatable bonds is 7. The zero-order valence-electron chi connectivity index (χ0n) is 11.6. The summed E-state index contributed by atoms with van der Waals surface area (Å²) < 4.78 is 27.1. The fourth-order valence-electron chi connectivity index (χ4n) is 1.89. The normalized spacial score (nSPS) is 13.1. The topological polar surface area (TPSA) is 101 Å². The Morgan fingerprint density at radius 3 is 2.47 bits per heavy atom. The second kappa shape index (κ2) is 7.84. The summed E-state index contributed by atoms with van der Waals surface area (Å²) in [6.45, 7) is 5.72. The van der Waals surface area contributed by atoms with E-state index in [0.29, 0.717) is 17.9 Å². The molecular formula is C11H23ClN4O2S. The number of H-pyrrole nitrogens is 1. The van der Waals surface area contributed by atoms with Crippen LogP contribution in [0.3, 0.4) is 0 Å². The number of unbranched alkanes of at least 4 members (excludes halogenated alkanes) is 1. The Bertz CT molecular complexity index is 467. The Hall–Kier alpha value is -0.630. The van der Waals surface area contributed by atoms with E-state index < -0.39 is 10.0 Å². The van der Waals surface area contributed by atoms with Crippen LogP contribution in [0, 0.1) is 13.8 Å². The molecule has 1 atom stereocenters. The van der Waals surface area contributed by atoms with Crippen LogP contribution in [0.4, 0.5) is 0 Å². The third-order valence-corrected chi connectivity index (χ3v) is 4.62. The number of nitrogens with zero attached hydrogens (tertiary/aromatic N) is 1. The van der Waals surface area contributed by atoms with Crippen molar-refractivity contribution < 1.29 is 8.42 Å². The van der Waals surface area contributed by atoms with Gasteiger partial charge < -0.3 is 5.73 Å². The molecule has 0 aliphatic rings. The number of halogens is 1. The Kier molecular flexibility index (Phi) is 7.58. The van der Waals surface area contributed by atoms with Crippen LogP contribution >= 0.6 is 12.4 Å². The lowest BCUT2D eigenvalue weighted by molar-refractivity contribution is 0.516. The van der Waals surface area contributed by atoms with Crippen LogP contribution in [0.5, 0.6) is 0 Å². The van der Waals surface area contributed by atoms with Crippen LogP contribution in [0.2, 0.25) is 0 Å². The molecule has 0 aliphatic heterocycles. The van der Waals surface area contributed by atoms with Crippen molar-refractivity contribution in [2.24, 2.45) is 5.73 Å². The van der Waals surface area contributed by atoms with Gasteiger partial charge in [-0.1, -0.05) is 19.8 Å². The van der Waals surface area contributed by atoms with Gasteiger partial charge in [0.05, 0.1) is 11.4 Å². The lowest BCUT2D eigenvalue weighted by Gasteiger charge is -2.16. The first kappa shape index (κ1) is 18.4. The molecule has 0 fully saturated rings. The summed E-state index contributed by atoms with van der Waals surface area (Å²) in [7, 11) is -3.54. The number of hydrogen-bond acceptors (Lipinski definition) is 4. The average molecular weight is 311 g/mol. The fourth-order valence-corrected chi connectivity index (χ4v) is 3.54. The predicted molar refractivity (Wildman–Crippen MR) is 78.0 cm³/mol. The summed E-state index contributed by atoms with van der Waals surface area (Å²) in [4.78, 5) is 0.234. The van der Waals surface area contributed by atoms with Crippen molar-refractivity contribution >= 4 is 22.4 Å². The molecule has 0 aliphatic carbocycles. The Labute approximate surface area is 121 Å². The number of sulfonamides is 1. The average Bonchev–Trinajstić information content (AvgIpc) is 2.64. The molecule has 8 heteroatoms. The molecule has 1 heterocycles. The number of aryl methyl sites for hydroxylation is 2. The highest BCUT2D eigenvalue weighted by molar-refractivity contribution is 7.89. The van der Waals surface area contributed by atoms with E-state index in [1.807, 2.05) is 0 Å². The van der Waals surface area contributed by atoms with Gasteiger partial charge >= 0.3 is 0 Å². The highest BCUT2D eigenvalue weighted by Crippen LogP contribution is 2.17. The minimum absolute atomic E-state index is 0. The van der Waals surface area contributed by atoms with E-state index in [4.69, 9.17) is 5.73 Å². The number of nitrogens with two attached hydrogens (primary N) is 1. The molecule has 4 N–H and O–H groups in total. The summed E-state index contributed by atoms with van der Waals surface area (Å²) in [5.74, 6) is 0. The number of aromatic nitrogens is 2. The van der Waals surface area contributed by atoms with Crippen LogP contribution in [0.1, 0.15) is 37.6 Å². The van der Waals surface area contributed by atoms with Crippen molar-refractivity contribution in [2.75, 3.05) is 6.54 Å². The van der Waals surface area contributed by atoms with Crippen LogP contribution in [-0.4, -0.2) is 31.2 Å². The summed E-state index contributed by atoms with van der Waals surface area (Å²) >= 11 is 0. The van der Waals surface area contributed by atoms with Gasteiger partial charge in [-0.15, -0.1) is 12.4 Å². The Morgan fingerprint density at radius 2 is 2.05 bits per heavy atom. The quantitative estimate of drug-likeness (QED) is 0.705. The number of nitrogens with one attached hydrogen (secondary N) is 2. The number of hydrogen-bond donors (Lipinski definition) is 3. The minimum Gasteiger partial charge on any atom is -0.329 e.